The van der Waals surface area contributed by atoms with Crippen molar-refractivity contribution in [2.75, 3.05) is 0 Å². The number of furan rings is 1. The third-order valence-corrected chi connectivity index (χ3v) is 14.2. The quantitative estimate of drug-likeness (QED) is 0.161. The van der Waals surface area contributed by atoms with Crippen LogP contribution in [0.25, 0.3) is 119 Å². The zero-order valence-electron chi connectivity index (χ0n) is 31.5. The van der Waals surface area contributed by atoms with Gasteiger partial charge in [0.1, 0.15) is 11.2 Å². The highest BCUT2D eigenvalue weighted by Gasteiger charge is 2.35. The third kappa shape index (κ3) is 4.34. The second-order valence-corrected chi connectivity index (χ2v) is 17.5. The molecule has 0 saturated heterocycles. The summed E-state index contributed by atoms with van der Waals surface area (Å²) in [5, 5.41) is 14.8. The standard InChI is InChI=1S/C55H34OS/c1-55(2)49-14-8-7-13-40(49)41-21-17-35(28-50(41)55)34-19-24-53-48(27-34)47-26-33(18-23-52(47)57-53)32-16-20-39-43(25-32)37-11-5-6-12-38(37)44-29-46-42-22-15-31-9-3-4-10-36(31)54(42)56-51(46)30-45(39)44/h3-30H,1-2H3. The van der Waals surface area contributed by atoms with Gasteiger partial charge in [-0.2, -0.15) is 0 Å². The van der Waals surface area contributed by atoms with Gasteiger partial charge in [-0.3, -0.25) is 0 Å². The smallest absolute Gasteiger partial charge is 0.143 e. The number of benzene rings is 10. The molecule has 1 aliphatic carbocycles. The Morgan fingerprint density at radius 2 is 0.912 bits per heavy atom. The fraction of sp³-hybridized carbons (Fsp3) is 0.0545. The van der Waals surface area contributed by atoms with E-state index in [4.69, 9.17) is 4.42 Å². The molecule has 0 bridgehead atoms. The summed E-state index contributed by atoms with van der Waals surface area (Å²) in [5.74, 6) is 0. The predicted molar refractivity (Wildman–Crippen MR) is 245 cm³/mol. The zero-order chi connectivity index (χ0) is 37.6. The fourth-order valence-electron chi connectivity index (χ4n) is 10.2. The Morgan fingerprint density at radius 1 is 0.368 bits per heavy atom. The minimum absolute atomic E-state index is 0.0253. The molecule has 2 heterocycles. The van der Waals surface area contributed by atoms with E-state index in [1.807, 2.05) is 11.3 Å². The lowest BCUT2D eigenvalue weighted by Crippen LogP contribution is -2.14. The van der Waals surface area contributed by atoms with Crippen LogP contribution in [0.2, 0.25) is 0 Å². The molecule has 57 heavy (non-hydrogen) atoms. The van der Waals surface area contributed by atoms with Crippen LogP contribution in [-0.2, 0) is 5.41 Å². The second-order valence-electron chi connectivity index (χ2n) is 16.4. The van der Waals surface area contributed by atoms with Crippen LogP contribution in [-0.4, -0.2) is 0 Å². The van der Waals surface area contributed by atoms with E-state index in [0.717, 1.165) is 27.3 Å². The summed E-state index contributed by atoms with van der Waals surface area (Å²) in [6, 6.07) is 63.5. The number of hydrogen-bond donors (Lipinski definition) is 0. The van der Waals surface area contributed by atoms with Crippen molar-refractivity contribution >= 4 is 96.5 Å². The summed E-state index contributed by atoms with van der Waals surface area (Å²) >= 11 is 1.88. The molecule has 1 nitrogen and oxygen atoms in total. The average Bonchev–Trinajstić information content (AvgIpc) is 3.89. The number of rotatable bonds is 2. The van der Waals surface area contributed by atoms with Gasteiger partial charge in [-0.05, 0) is 137 Å². The van der Waals surface area contributed by atoms with Gasteiger partial charge in [0.2, 0.25) is 0 Å². The van der Waals surface area contributed by atoms with Gasteiger partial charge in [-0.25, -0.2) is 0 Å². The largest absolute Gasteiger partial charge is 0.455 e. The molecular weight excluding hydrogens is 709 g/mol. The van der Waals surface area contributed by atoms with E-state index in [2.05, 4.69) is 184 Å². The minimum atomic E-state index is -0.0253. The van der Waals surface area contributed by atoms with Crippen LogP contribution >= 0.6 is 11.3 Å². The summed E-state index contributed by atoms with van der Waals surface area (Å²) in [6.07, 6.45) is 0. The van der Waals surface area contributed by atoms with Crippen LogP contribution in [0.15, 0.2) is 174 Å². The van der Waals surface area contributed by atoms with Gasteiger partial charge in [0.05, 0.1) is 0 Å². The van der Waals surface area contributed by atoms with E-state index in [1.165, 1.54) is 102 Å². The molecule has 0 N–H and O–H groups in total. The molecule has 12 aromatic rings. The molecule has 0 aliphatic heterocycles. The van der Waals surface area contributed by atoms with Gasteiger partial charge >= 0.3 is 0 Å². The molecule has 1 aliphatic rings. The van der Waals surface area contributed by atoms with E-state index in [9.17, 15) is 0 Å². The summed E-state index contributed by atoms with van der Waals surface area (Å²) in [4.78, 5) is 0. The van der Waals surface area contributed by atoms with Gasteiger partial charge in [-0.15, -0.1) is 11.3 Å². The average molecular weight is 743 g/mol. The van der Waals surface area contributed by atoms with Gasteiger partial charge in [0, 0.05) is 41.7 Å². The lowest BCUT2D eigenvalue weighted by Gasteiger charge is -2.22. The van der Waals surface area contributed by atoms with Crippen molar-refractivity contribution in [2.24, 2.45) is 0 Å². The molecule has 10 aromatic carbocycles. The second kappa shape index (κ2) is 11.2. The predicted octanol–water partition coefficient (Wildman–Crippen LogP) is 16.2. The topological polar surface area (TPSA) is 13.1 Å². The molecule has 0 amide bonds. The van der Waals surface area contributed by atoms with Crippen LogP contribution in [0.3, 0.4) is 0 Å². The summed E-state index contributed by atoms with van der Waals surface area (Å²) < 4.78 is 9.31. The van der Waals surface area contributed by atoms with Crippen LogP contribution in [0.4, 0.5) is 0 Å². The van der Waals surface area contributed by atoms with E-state index in [0.29, 0.717) is 0 Å². The Balaban J connectivity index is 0.960. The van der Waals surface area contributed by atoms with E-state index < -0.39 is 0 Å². The van der Waals surface area contributed by atoms with Crippen molar-refractivity contribution in [1.82, 2.24) is 0 Å². The van der Waals surface area contributed by atoms with Crippen molar-refractivity contribution < 1.29 is 4.42 Å². The molecule has 0 saturated carbocycles. The molecule has 0 spiro atoms. The molecule has 0 radical (unpaired) electrons. The van der Waals surface area contributed by atoms with Gasteiger partial charge in [-0.1, -0.05) is 129 Å². The first-order valence-corrected chi connectivity index (χ1v) is 20.6. The van der Waals surface area contributed by atoms with Crippen molar-refractivity contribution in [2.45, 2.75) is 19.3 Å². The summed E-state index contributed by atoms with van der Waals surface area (Å²) in [5.41, 5.74) is 12.4. The molecule has 0 unspecified atom stereocenters. The van der Waals surface area contributed by atoms with E-state index in [1.54, 1.807) is 0 Å². The number of fused-ring (bicyclic) bond motifs is 17. The van der Waals surface area contributed by atoms with Crippen LogP contribution in [0.5, 0.6) is 0 Å². The van der Waals surface area contributed by atoms with Crippen LogP contribution in [0.1, 0.15) is 25.0 Å². The SMILES string of the molecule is CC1(C)c2ccccc2-c2ccc(-c3ccc4sc5ccc(-c6ccc7c(c6)c6ccccc6c6cc8c(cc76)oc6c7ccccc7ccc86)cc5c4c3)cc21. The Hall–Kier alpha value is -6.74. The van der Waals surface area contributed by atoms with Crippen molar-refractivity contribution in [3.05, 3.63) is 181 Å². The highest BCUT2D eigenvalue weighted by Crippen LogP contribution is 2.50. The van der Waals surface area contributed by atoms with E-state index in [-0.39, 0.29) is 5.41 Å². The van der Waals surface area contributed by atoms with Crippen molar-refractivity contribution in [3.63, 3.8) is 0 Å². The highest BCUT2D eigenvalue weighted by atomic mass is 32.1. The van der Waals surface area contributed by atoms with Crippen molar-refractivity contribution in [3.8, 4) is 33.4 Å². The monoisotopic (exact) mass is 742 g/mol. The molecular formula is C55H34OS. The fourth-order valence-corrected chi connectivity index (χ4v) is 11.2. The van der Waals surface area contributed by atoms with Gasteiger partial charge < -0.3 is 4.42 Å². The molecule has 13 rings (SSSR count). The minimum Gasteiger partial charge on any atom is -0.455 e. The normalized spacial score (nSPS) is 13.6. The maximum absolute atomic E-state index is 6.68. The van der Waals surface area contributed by atoms with E-state index >= 15 is 0 Å². The summed E-state index contributed by atoms with van der Waals surface area (Å²) in [6.45, 7) is 4.72. The molecule has 2 aromatic heterocycles. The van der Waals surface area contributed by atoms with Crippen LogP contribution in [0, 0.1) is 0 Å². The third-order valence-electron chi connectivity index (χ3n) is 13.0. The van der Waals surface area contributed by atoms with Crippen LogP contribution < -0.4 is 0 Å². The van der Waals surface area contributed by atoms with Gasteiger partial charge in [0.25, 0.3) is 0 Å². The Kier molecular flexibility index (Phi) is 6.18. The number of thiophene rings is 1. The Morgan fingerprint density at radius 3 is 1.68 bits per heavy atom. The highest BCUT2D eigenvalue weighted by molar-refractivity contribution is 7.25. The van der Waals surface area contributed by atoms with Gasteiger partial charge in [0.15, 0.2) is 0 Å². The maximum Gasteiger partial charge on any atom is 0.143 e. The molecule has 2 heteroatoms. The first-order valence-electron chi connectivity index (χ1n) is 19.8. The lowest BCUT2D eigenvalue weighted by atomic mass is 9.81. The lowest BCUT2D eigenvalue weighted by molar-refractivity contribution is 0.660. The maximum atomic E-state index is 6.68. The Bertz CT molecular complexity index is 3720. The summed E-state index contributed by atoms with van der Waals surface area (Å²) in [7, 11) is 0. The Labute approximate surface area is 333 Å². The number of hydrogen-bond acceptors (Lipinski definition) is 2. The van der Waals surface area contributed by atoms with Crippen molar-refractivity contribution in [1.29, 1.82) is 0 Å². The molecule has 266 valence electrons. The molecule has 0 fully saturated rings. The first-order chi connectivity index (χ1) is 28.0. The molecule has 0 atom stereocenters. The first kappa shape index (κ1) is 31.5. The zero-order valence-corrected chi connectivity index (χ0v) is 32.3.